The fraction of sp³-hybridized carbons (Fsp3) is 0.143. The van der Waals surface area contributed by atoms with Gasteiger partial charge in [-0.25, -0.2) is 14.8 Å². The molecule has 0 aliphatic rings. The fourth-order valence-electron chi connectivity index (χ4n) is 1.77. The van der Waals surface area contributed by atoms with Crippen LogP contribution in [0.4, 0.5) is 0 Å². The Morgan fingerprint density at radius 3 is 3.00 bits per heavy atom. The van der Waals surface area contributed by atoms with Crippen molar-refractivity contribution in [3.05, 3.63) is 52.5 Å². The van der Waals surface area contributed by atoms with Crippen LogP contribution in [0.25, 0.3) is 10.2 Å². The van der Waals surface area contributed by atoms with E-state index in [2.05, 4.69) is 15.0 Å². The number of fused-ring (bicyclic) bond motifs is 1. The molecule has 0 aliphatic heterocycles. The summed E-state index contributed by atoms with van der Waals surface area (Å²) in [6.45, 7) is 1.77. The lowest BCUT2D eigenvalue weighted by atomic mass is 10.3. The zero-order valence-electron chi connectivity index (χ0n) is 11.0. The molecule has 0 amide bonds. The standard InChI is InChI=1S/C14H10ClN3O2S/c1-8(20-14(19)11-7-16-4-5-17-11)13-18-10-6-9(15)2-3-12(10)21-13/h2-8H,1H3/t8-/m0/s1. The third kappa shape index (κ3) is 3.01. The van der Waals surface area contributed by atoms with Crippen LogP contribution in [0.15, 0.2) is 36.8 Å². The summed E-state index contributed by atoms with van der Waals surface area (Å²) in [5.74, 6) is -0.520. The van der Waals surface area contributed by atoms with Crippen molar-refractivity contribution in [1.29, 1.82) is 0 Å². The SMILES string of the molecule is C[C@H](OC(=O)c1cnccn1)c1nc2cc(Cl)ccc2s1. The second-order valence-corrected chi connectivity index (χ2v) is 5.80. The second-order valence-electron chi connectivity index (χ2n) is 4.30. The maximum atomic E-state index is 11.9. The summed E-state index contributed by atoms with van der Waals surface area (Å²) >= 11 is 7.40. The summed E-state index contributed by atoms with van der Waals surface area (Å²) < 4.78 is 6.35. The van der Waals surface area contributed by atoms with Gasteiger partial charge in [0.15, 0.2) is 11.8 Å². The molecule has 2 aromatic heterocycles. The lowest BCUT2D eigenvalue weighted by Gasteiger charge is -2.09. The Bertz CT molecular complexity index is 791. The summed E-state index contributed by atoms with van der Waals surface area (Å²) in [6.07, 6.45) is 3.85. The summed E-state index contributed by atoms with van der Waals surface area (Å²) in [5, 5.41) is 1.34. The van der Waals surface area contributed by atoms with Gasteiger partial charge >= 0.3 is 5.97 Å². The summed E-state index contributed by atoms with van der Waals surface area (Å²) in [5.41, 5.74) is 0.971. The van der Waals surface area contributed by atoms with Crippen molar-refractivity contribution in [3.63, 3.8) is 0 Å². The van der Waals surface area contributed by atoms with Gasteiger partial charge in [-0.1, -0.05) is 11.6 Å². The van der Waals surface area contributed by atoms with Crippen molar-refractivity contribution < 1.29 is 9.53 Å². The highest BCUT2D eigenvalue weighted by Crippen LogP contribution is 2.30. The van der Waals surface area contributed by atoms with Crippen LogP contribution < -0.4 is 0 Å². The lowest BCUT2D eigenvalue weighted by Crippen LogP contribution is -2.10. The van der Waals surface area contributed by atoms with Crippen molar-refractivity contribution >= 4 is 39.1 Å². The molecule has 0 bridgehead atoms. The van der Waals surface area contributed by atoms with E-state index in [1.165, 1.54) is 29.9 Å². The Morgan fingerprint density at radius 1 is 1.38 bits per heavy atom. The molecular weight excluding hydrogens is 310 g/mol. The Labute approximate surface area is 129 Å². The van der Waals surface area contributed by atoms with Crippen LogP contribution in [0.1, 0.15) is 28.5 Å². The zero-order chi connectivity index (χ0) is 14.8. The minimum absolute atomic E-state index is 0.175. The van der Waals surface area contributed by atoms with Crippen LogP contribution in [0.3, 0.4) is 0 Å². The van der Waals surface area contributed by atoms with Gasteiger partial charge in [0.05, 0.1) is 16.4 Å². The molecule has 0 fully saturated rings. The van der Waals surface area contributed by atoms with Gasteiger partial charge in [-0.05, 0) is 25.1 Å². The Morgan fingerprint density at radius 2 is 2.24 bits per heavy atom. The highest BCUT2D eigenvalue weighted by Gasteiger charge is 2.18. The van der Waals surface area contributed by atoms with Crippen LogP contribution in [-0.4, -0.2) is 20.9 Å². The largest absolute Gasteiger partial charge is 0.450 e. The van der Waals surface area contributed by atoms with E-state index in [0.29, 0.717) is 10.0 Å². The molecule has 3 rings (SSSR count). The Hall–Kier alpha value is -2.05. The van der Waals surface area contributed by atoms with Crippen LogP contribution >= 0.6 is 22.9 Å². The van der Waals surface area contributed by atoms with Gasteiger partial charge in [-0.2, -0.15) is 0 Å². The molecule has 0 aliphatic carbocycles. The number of carbonyl (C=O) groups is 1. The molecule has 1 atom stereocenters. The number of thiazole rings is 1. The highest BCUT2D eigenvalue weighted by molar-refractivity contribution is 7.18. The van der Waals surface area contributed by atoms with Gasteiger partial charge in [0.25, 0.3) is 0 Å². The highest BCUT2D eigenvalue weighted by atomic mass is 35.5. The van der Waals surface area contributed by atoms with Gasteiger partial charge in [-0.3, -0.25) is 4.98 Å². The van der Waals surface area contributed by atoms with Gasteiger partial charge in [0.1, 0.15) is 5.01 Å². The van der Waals surface area contributed by atoms with Crippen LogP contribution in [0.2, 0.25) is 5.02 Å². The number of hydrogen-bond acceptors (Lipinski definition) is 6. The molecule has 3 aromatic rings. The van der Waals surface area contributed by atoms with Gasteiger partial charge in [0, 0.05) is 17.4 Å². The predicted molar refractivity (Wildman–Crippen MR) is 80.5 cm³/mol. The maximum Gasteiger partial charge on any atom is 0.359 e. The Kier molecular flexibility index (Phi) is 3.81. The number of benzene rings is 1. The molecule has 0 unspecified atom stereocenters. The quantitative estimate of drug-likeness (QED) is 0.689. The van der Waals surface area contributed by atoms with E-state index in [1.807, 2.05) is 12.1 Å². The van der Waals surface area contributed by atoms with Crippen molar-refractivity contribution in [2.24, 2.45) is 0 Å². The van der Waals surface area contributed by atoms with Crippen LogP contribution in [-0.2, 0) is 4.74 Å². The number of carbonyl (C=O) groups excluding carboxylic acids is 1. The monoisotopic (exact) mass is 319 g/mol. The minimum atomic E-state index is -0.520. The number of hydrogen-bond donors (Lipinski definition) is 0. The first-order chi connectivity index (χ1) is 10.1. The van der Waals surface area contributed by atoms with Crippen molar-refractivity contribution in [2.45, 2.75) is 13.0 Å². The number of aromatic nitrogens is 3. The van der Waals surface area contributed by atoms with E-state index in [9.17, 15) is 4.79 Å². The summed E-state index contributed by atoms with van der Waals surface area (Å²) in [6, 6.07) is 5.49. The van der Waals surface area contributed by atoms with Gasteiger partial charge in [-0.15, -0.1) is 11.3 Å². The number of nitrogens with zero attached hydrogens (tertiary/aromatic N) is 3. The molecule has 1 aromatic carbocycles. The van der Waals surface area contributed by atoms with E-state index < -0.39 is 12.1 Å². The number of esters is 1. The second kappa shape index (κ2) is 5.75. The predicted octanol–water partition coefficient (Wildman–Crippen LogP) is 3.66. The van der Waals surface area contributed by atoms with Crippen molar-refractivity contribution in [2.75, 3.05) is 0 Å². The summed E-state index contributed by atoms with van der Waals surface area (Å²) in [7, 11) is 0. The molecule has 106 valence electrons. The lowest BCUT2D eigenvalue weighted by molar-refractivity contribution is 0.0330. The van der Waals surface area contributed by atoms with E-state index in [-0.39, 0.29) is 5.69 Å². The molecule has 5 nitrogen and oxygen atoms in total. The summed E-state index contributed by atoms with van der Waals surface area (Å²) in [4.78, 5) is 24.1. The molecule has 0 spiro atoms. The molecule has 0 radical (unpaired) electrons. The molecule has 21 heavy (non-hydrogen) atoms. The van der Waals surface area contributed by atoms with E-state index in [4.69, 9.17) is 16.3 Å². The average molecular weight is 320 g/mol. The molecular formula is C14H10ClN3O2S. The first kappa shape index (κ1) is 13.9. The third-order valence-corrected chi connectivity index (χ3v) is 4.20. The number of rotatable bonds is 3. The first-order valence-corrected chi connectivity index (χ1v) is 7.36. The normalized spacial score (nSPS) is 12.3. The number of halogens is 1. The zero-order valence-corrected chi connectivity index (χ0v) is 12.6. The average Bonchev–Trinajstić information content (AvgIpc) is 2.91. The third-order valence-electron chi connectivity index (χ3n) is 2.77. The molecule has 2 heterocycles. The van der Waals surface area contributed by atoms with E-state index in [1.54, 1.807) is 13.0 Å². The van der Waals surface area contributed by atoms with Crippen LogP contribution in [0, 0.1) is 0 Å². The van der Waals surface area contributed by atoms with Gasteiger partial charge in [0.2, 0.25) is 0 Å². The van der Waals surface area contributed by atoms with Crippen molar-refractivity contribution in [3.8, 4) is 0 Å². The van der Waals surface area contributed by atoms with Crippen molar-refractivity contribution in [1.82, 2.24) is 15.0 Å². The van der Waals surface area contributed by atoms with E-state index >= 15 is 0 Å². The minimum Gasteiger partial charge on any atom is -0.450 e. The van der Waals surface area contributed by atoms with E-state index in [0.717, 1.165) is 10.2 Å². The fourth-order valence-corrected chi connectivity index (χ4v) is 2.86. The molecule has 7 heteroatoms. The topological polar surface area (TPSA) is 65.0 Å². The molecule has 0 N–H and O–H groups in total. The molecule has 0 saturated heterocycles. The van der Waals surface area contributed by atoms with Crippen LogP contribution in [0.5, 0.6) is 0 Å². The molecule has 0 saturated carbocycles. The number of ether oxygens (including phenoxy) is 1. The van der Waals surface area contributed by atoms with Gasteiger partial charge < -0.3 is 4.74 Å². The maximum absolute atomic E-state index is 11.9. The first-order valence-electron chi connectivity index (χ1n) is 6.16. The smallest absolute Gasteiger partial charge is 0.359 e. The Balaban J connectivity index is 1.80.